The summed E-state index contributed by atoms with van der Waals surface area (Å²) in [4.78, 5) is 21.3. The molecule has 140 valence electrons. The maximum absolute atomic E-state index is 11.0. The fourth-order valence-electron chi connectivity index (χ4n) is 2.88. The molecule has 3 aromatic heterocycles. The van der Waals surface area contributed by atoms with Crippen molar-refractivity contribution in [2.45, 2.75) is 6.92 Å². The van der Waals surface area contributed by atoms with Gasteiger partial charge in [-0.2, -0.15) is 4.52 Å². The molecular formula is C15H17N9O3. The second-order valence-electron chi connectivity index (χ2n) is 6.00. The third-order valence-corrected chi connectivity index (χ3v) is 4.34. The second-order valence-corrected chi connectivity index (χ2v) is 6.00. The molecule has 1 aliphatic rings. The first kappa shape index (κ1) is 17.0. The Morgan fingerprint density at radius 3 is 2.74 bits per heavy atom. The molecule has 12 nitrogen and oxygen atoms in total. The summed E-state index contributed by atoms with van der Waals surface area (Å²) in [5, 5.41) is 23.6. The van der Waals surface area contributed by atoms with Gasteiger partial charge in [-0.15, -0.1) is 15.3 Å². The summed E-state index contributed by atoms with van der Waals surface area (Å²) in [7, 11) is 1.55. The van der Waals surface area contributed by atoms with Crippen LogP contribution in [0.3, 0.4) is 0 Å². The minimum atomic E-state index is -0.505. The Morgan fingerprint density at radius 1 is 1.26 bits per heavy atom. The summed E-state index contributed by atoms with van der Waals surface area (Å²) in [6.07, 6.45) is 1.18. The van der Waals surface area contributed by atoms with Gasteiger partial charge >= 0.3 is 5.82 Å². The standard InChI is InChI=1S/C15H17N9O3/c1-10(22-5-7-27-8-6-22)17-11-3-4-12-18-19-15(23(12)20-11)14-16-9-13(21(14)2)24(25)26/h3-4,9H,5-8H2,1-2H3. The number of rotatable bonds is 3. The van der Waals surface area contributed by atoms with Crippen LogP contribution in [0.4, 0.5) is 11.6 Å². The number of nitrogens with zero attached hydrogens (tertiary/aromatic N) is 9. The van der Waals surface area contributed by atoms with Crippen molar-refractivity contribution in [3.63, 3.8) is 0 Å². The Morgan fingerprint density at radius 2 is 2.04 bits per heavy atom. The van der Waals surface area contributed by atoms with Crippen molar-refractivity contribution >= 4 is 23.1 Å². The third kappa shape index (κ3) is 3.10. The largest absolute Gasteiger partial charge is 0.378 e. The zero-order valence-corrected chi connectivity index (χ0v) is 14.8. The van der Waals surface area contributed by atoms with Crippen molar-refractivity contribution in [2.24, 2.45) is 12.0 Å². The molecule has 1 fully saturated rings. The van der Waals surface area contributed by atoms with Gasteiger partial charge in [-0.25, -0.2) is 14.5 Å². The first-order valence-electron chi connectivity index (χ1n) is 8.31. The fraction of sp³-hybridized carbons (Fsp3) is 0.400. The second kappa shape index (κ2) is 6.72. The highest BCUT2D eigenvalue weighted by Gasteiger charge is 2.23. The molecule has 0 unspecified atom stereocenters. The minimum Gasteiger partial charge on any atom is -0.378 e. The van der Waals surface area contributed by atoms with Crippen LogP contribution in [0.5, 0.6) is 0 Å². The lowest BCUT2D eigenvalue weighted by Crippen LogP contribution is -2.39. The van der Waals surface area contributed by atoms with Crippen molar-refractivity contribution < 1.29 is 9.66 Å². The molecule has 0 amide bonds. The number of amidine groups is 1. The summed E-state index contributed by atoms with van der Waals surface area (Å²) >= 11 is 0. The van der Waals surface area contributed by atoms with Crippen molar-refractivity contribution in [3.05, 3.63) is 28.4 Å². The van der Waals surface area contributed by atoms with Gasteiger partial charge in [-0.05, 0) is 24.0 Å². The Labute approximate surface area is 153 Å². The van der Waals surface area contributed by atoms with Gasteiger partial charge in [0.25, 0.3) is 5.82 Å². The van der Waals surface area contributed by atoms with Crippen LogP contribution in [0.2, 0.25) is 0 Å². The number of aromatic nitrogens is 6. The summed E-state index contributed by atoms with van der Waals surface area (Å²) in [5.74, 6) is 1.79. The first-order valence-corrected chi connectivity index (χ1v) is 8.31. The minimum absolute atomic E-state index is 0.140. The highest BCUT2D eigenvalue weighted by Crippen LogP contribution is 2.22. The molecular weight excluding hydrogens is 354 g/mol. The number of morpholine rings is 1. The van der Waals surface area contributed by atoms with Gasteiger partial charge in [0.2, 0.25) is 5.82 Å². The molecule has 4 heterocycles. The zero-order valence-electron chi connectivity index (χ0n) is 14.8. The van der Waals surface area contributed by atoms with Gasteiger partial charge in [0.15, 0.2) is 11.5 Å². The normalized spacial score (nSPS) is 15.5. The summed E-state index contributed by atoms with van der Waals surface area (Å²) in [5.41, 5.74) is 0.499. The Balaban J connectivity index is 1.72. The van der Waals surface area contributed by atoms with Crippen LogP contribution < -0.4 is 0 Å². The highest BCUT2D eigenvalue weighted by atomic mass is 16.6. The smallest absolute Gasteiger partial charge is 0.343 e. The lowest BCUT2D eigenvalue weighted by molar-refractivity contribution is -0.391. The van der Waals surface area contributed by atoms with E-state index in [1.807, 2.05) is 6.92 Å². The maximum atomic E-state index is 11.0. The van der Waals surface area contributed by atoms with Gasteiger partial charge in [-0.3, -0.25) is 0 Å². The average Bonchev–Trinajstić information content (AvgIpc) is 3.25. The number of fused-ring (bicyclic) bond motifs is 1. The topological polar surface area (TPSA) is 129 Å². The van der Waals surface area contributed by atoms with E-state index in [-0.39, 0.29) is 5.82 Å². The van der Waals surface area contributed by atoms with Gasteiger partial charge < -0.3 is 19.8 Å². The van der Waals surface area contributed by atoms with Gasteiger partial charge in [0.1, 0.15) is 12.0 Å². The van der Waals surface area contributed by atoms with Crippen molar-refractivity contribution in [2.75, 3.05) is 26.3 Å². The molecule has 1 saturated heterocycles. The third-order valence-electron chi connectivity index (χ3n) is 4.34. The van der Waals surface area contributed by atoms with Crippen molar-refractivity contribution in [1.29, 1.82) is 0 Å². The van der Waals surface area contributed by atoms with Crippen LogP contribution in [-0.4, -0.2) is 71.3 Å². The molecule has 0 atom stereocenters. The van der Waals surface area contributed by atoms with Crippen LogP contribution >= 0.6 is 0 Å². The lowest BCUT2D eigenvalue weighted by Gasteiger charge is -2.28. The number of aliphatic imine (C=N–C) groups is 1. The van der Waals surface area contributed by atoms with Crippen LogP contribution in [0.25, 0.3) is 17.3 Å². The molecule has 0 aromatic carbocycles. The van der Waals surface area contributed by atoms with Crippen LogP contribution in [0, 0.1) is 10.1 Å². The van der Waals surface area contributed by atoms with E-state index in [9.17, 15) is 10.1 Å². The molecule has 0 N–H and O–H groups in total. The van der Waals surface area contributed by atoms with Crippen molar-refractivity contribution in [1.82, 2.24) is 34.3 Å². The summed E-state index contributed by atoms with van der Waals surface area (Å²) < 4.78 is 8.18. The predicted octanol–water partition coefficient (Wildman–Crippen LogP) is 0.815. The molecule has 4 rings (SSSR count). The molecule has 0 saturated carbocycles. The van der Waals surface area contributed by atoms with Crippen LogP contribution in [-0.2, 0) is 11.8 Å². The van der Waals surface area contributed by atoms with E-state index in [0.29, 0.717) is 36.3 Å². The number of hydrogen-bond acceptors (Lipinski definition) is 8. The number of imidazole rings is 1. The molecule has 0 radical (unpaired) electrons. The molecule has 12 heteroatoms. The molecule has 3 aromatic rings. The average molecular weight is 371 g/mol. The van der Waals surface area contributed by atoms with E-state index in [1.165, 1.54) is 15.3 Å². The lowest BCUT2D eigenvalue weighted by atomic mass is 10.4. The Hall–Kier alpha value is -3.41. The molecule has 0 aliphatic carbocycles. The Kier molecular flexibility index (Phi) is 4.24. The predicted molar refractivity (Wildman–Crippen MR) is 94.8 cm³/mol. The van der Waals surface area contributed by atoms with E-state index in [4.69, 9.17) is 4.74 Å². The number of hydrogen-bond donors (Lipinski definition) is 0. The Bertz CT molecular complexity index is 1030. The summed E-state index contributed by atoms with van der Waals surface area (Å²) in [6.45, 7) is 4.84. The SMILES string of the molecule is CC(=Nc1ccc2nnc(-c3ncc([N+](=O)[O-])n3C)n2n1)N1CCOCC1. The van der Waals surface area contributed by atoms with Gasteiger partial charge in [0.05, 0.1) is 20.3 Å². The summed E-state index contributed by atoms with van der Waals surface area (Å²) in [6, 6.07) is 3.49. The van der Waals surface area contributed by atoms with E-state index in [0.717, 1.165) is 18.9 Å². The van der Waals surface area contributed by atoms with Crippen LogP contribution in [0.1, 0.15) is 6.92 Å². The van der Waals surface area contributed by atoms with E-state index in [2.05, 4.69) is 30.2 Å². The van der Waals surface area contributed by atoms with Crippen molar-refractivity contribution in [3.8, 4) is 11.6 Å². The van der Waals surface area contributed by atoms with Crippen LogP contribution in [0.15, 0.2) is 23.3 Å². The monoisotopic (exact) mass is 371 g/mol. The molecule has 27 heavy (non-hydrogen) atoms. The quantitative estimate of drug-likeness (QED) is 0.286. The van der Waals surface area contributed by atoms with E-state index < -0.39 is 4.92 Å². The van der Waals surface area contributed by atoms with E-state index in [1.54, 1.807) is 19.2 Å². The first-order chi connectivity index (χ1) is 13.0. The fourth-order valence-corrected chi connectivity index (χ4v) is 2.88. The molecule has 1 aliphatic heterocycles. The number of nitro groups is 1. The van der Waals surface area contributed by atoms with Gasteiger partial charge in [0, 0.05) is 13.1 Å². The van der Waals surface area contributed by atoms with Gasteiger partial charge in [-0.1, -0.05) is 0 Å². The number of ether oxygens (including phenoxy) is 1. The van der Waals surface area contributed by atoms with E-state index >= 15 is 0 Å². The maximum Gasteiger partial charge on any atom is 0.343 e. The zero-order chi connectivity index (χ0) is 19.0. The highest BCUT2D eigenvalue weighted by molar-refractivity contribution is 5.82. The molecule has 0 bridgehead atoms. The molecule has 0 spiro atoms.